The average molecular weight is 861 g/mol. The number of nitrogens with zero attached hydrogens (tertiary/aromatic N) is 2. The summed E-state index contributed by atoms with van der Waals surface area (Å²) in [5.41, 5.74) is 12.3. The molecule has 2 nitrogen and oxygen atoms in total. The molecule has 13 aromatic rings. The van der Waals surface area contributed by atoms with Gasteiger partial charge in [-0.1, -0.05) is 189 Å². The van der Waals surface area contributed by atoms with Crippen molar-refractivity contribution < 1.29 is 0 Å². The zero-order valence-corrected chi connectivity index (χ0v) is 39.6. The van der Waals surface area contributed by atoms with Crippen molar-refractivity contribution >= 4 is 158 Å². The first-order valence-corrected chi connectivity index (χ1v) is 30.4. The predicted octanol–water partition coefficient (Wildman–Crippen LogP) is 13.0. The van der Waals surface area contributed by atoms with Crippen LogP contribution in [0.3, 0.4) is 0 Å². The minimum atomic E-state index is -1.83. The van der Waals surface area contributed by atoms with Gasteiger partial charge in [0, 0.05) is 54.7 Å². The van der Waals surface area contributed by atoms with E-state index in [1.807, 2.05) is 0 Å². The number of fused-ring (bicyclic) bond motifs is 24. The van der Waals surface area contributed by atoms with Gasteiger partial charge in [0.15, 0.2) is 0 Å². The summed E-state index contributed by atoms with van der Waals surface area (Å²) in [5, 5.41) is 24.6. The Morgan fingerprint density at radius 1 is 0.323 bits per heavy atom. The highest BCUT2D eigenvalue weighted by Gasteiger charge is 2.42. The largest absolute Gasteiger partial charge is 0.310 e. The topological polar surface area (TPSA) is 9.86 Å². The molecule has 0 radical (unpaired) electrons. The van der Waals surface area contributed by atoms with Crippen LogP contribution in [0.4, 0.5) is 0 Å². The molecule has 4 heterocycles. The van der Waals surface area contributed by atoms with Crippen molar-refractivity contribution in [3.8, 4) is 11.4 Å². The van der Waals surface area contributed by atoms with Crippen molar-refractivity contribution in [3.05, 3.63) is 164 Å². The second kappa shape index (κ2) is 12.0. The van der Waals surface area contributed by atoms with E-state index in [4.69, 9.17) is 0 Å². The summed E-state index contributed by atoms with van der Waals surface area (Å²) < 4.78 is 5.36. The molecule has 2 aliphatic rings. The van der Waals surface area contributed by atoms with E-state index < -0.39 is 16.1 Å². The molecule has 15 rings (SSSR count). The quantitative estimate of drug-likeness (QED) is 0.121. The van der Waals surface area contributed by atoms with E-state index in [2.05, 4.69) is 212 Å². The molecule has 0 bridgehead atoms. The maximum absolute atomic E-state index is 2.68. The van der Waals surface area contributed by atoms with Gasteiger partial charge in [0.1, 0.15) is 0 Å². The maximum atomic E-state index is 2.68. The molecule has 0 saturated carbocycles. The van der Waals surface area contributed by atoms with Gasteiger partial charge in [-0.2, -0.15) is 0 Å². The van der Waals surface area contributed by atoms with Crippen molar-refractivity contribution in [1.29, 1.82) is 0 Å². The molecule has 0 atom stereocenters. The van der Waals surface area contributed by atoms with E-state index in [1.54, 1.807) is 0 Å². The Morgan fingerprint density at radius 3 is 1.03 bits per heavy atom. The van der Waals surface area contributed by atoms with Crippen LogP contribution in [-0.2, 0) is 0 Å². The van der Waals surface area contributed by atoms with Crippen molar-refractivity contribution in [2.75, 3.05) is 0 Å². The van der Waals surface area contributed by atoms with Gasteiger partial charge in [-0.3, -0.25) is 0 Å². The minimum absolute atomic E-state index is 0.0834. The van der Waals surface area contributed by atoms with Gasteiger partial charge in [0.2, 0.25) is 0 Å². The van der Waals surface area contributed by atoms with E-state index in [1.165, 1.54) is 146 Å². The number of benzene rings is 11. The van der Waals surface area contributed by atoms with Crippen LogP contribution in [0, 0.1) is 0 Å². The molecule has 0 amide bonds. The number of rotatable bonds is 2. The number of hydrogen-bond donors (Lipinski definition) is 0. The molecular weight excluding hydrogens is 816 g/mol. The molecule has 0 N–H and O–H groups in total. The van der Waals surface area contributed by atoms with Gasteiger partial charge in [-0.15, -0.1) is 0 Å². The highest BCUT2D eigenvalue weighted by atomic mass is 28.3. The van der Waals surface area contributed by atoms with Gasteiger partial charge in [-0.05, 0) is 94.5 Å². The molecule has 0 saturated heterocycles. The summed E-state index contributed by atoms with van der Waals surface area (Å²) in [4.78, 5) is 0. The molecule has 0 aliphatic carbocycles. The van der Waals surface area contributed by atoms with Crippen LogP contribution in [0.15, 0.2) is 164 Å². The fraction of sp³-hybridized carbons (Fsp3) is 0.100. The standard InChI is InChI=1S/C60H45BN2Si2/c1-64(2,3)34-30-46-56-50(28-26-44-40-20-9-7-16-36(40)38-18-11-13-22-42(38)54(44)56)62-52-24-15-25-53-58(52)61(48(32-34)59(46)62)49-33-35(65(4,5)6)31-47-57-51(63(53)60(47)49)29-27-45-41-21-10-8-17-37(41)39-19-12-14-23-43(39)55(45)57/h7-33H,1-6H3. The summed E-state index contributed by atoms with van der Waals surface area (Å²) >= 11 is 0. The Labute approximate surface area is 379 Å². The Balaban J connectivity index is 1.17. The van der Waals surface area contributed by atoms with Crippen LogP contribution in [0.5, 0.6) is 0 Å². The highest BCUT2D eigenvalue weighted by molar-refractivity contribution is 7.01. The average Bonchev–Trinajstić information content (AvgIpc) is 3.85. The highest BCUT2D eigenvalue weighted by Crippen LogP contribution is 2.47. The zero-order chi connectivity index (χ0) is 43.4. The van der Waals surface area contributed by atoms with E-state index in [-0.39, 0.29) is 6.71 Å². The SMILES string of the molecule is C[Si](C)(C)c1cc2c3c(c1)c1c4c5ccccc5c5ccccc5c4ccc1n3-c1cccc3c1B2c1cc([Si](C)(C)C)cc2c4c5c6ccccc6c6ccccc6c5ccc4n-3c12. The summed E-state index contributed by atoms with van der Waals surface area (Å²) in [6.45, 7) is 15.3. The van der Waals surface area contributed by atoms with Gasteiger partial charge >= 0.3 is 0 Å². The molecular formula is C60H45BN2Si2. The van der Waals surface area contributed by atoms with E-state index in [9.17, 15) is 0 Å². The normalized spacial score (nSPS) is 13.7. The molecule has 65 heavy (non-hydrogen) atoms. The van der Waals surface area contributed by atoms with Crippen LogP contribution in [0.1, 0.15) is 0 Å². The van der Waals surface area contributed by atoms with Crippen molar-refractivity contribution in [3.63, 3.8) is 0 Å². The second-order valence-electron chi connectivity index (χ2n) is 21.2. The lowest BCUT2D eigenvalue weighted by Crippen LogP contribution is -2.61. The van der Waals surface area contributed by atoms with Crippen LogP contribution in [0.2, 0.25) is 39.3 Å². The summed E-state index contributed by atoms with van der Waals surface area (Å²) in [6.07, 6.45) is 0. The molecule has 0 spiro atoms. The van der Waals surface area contributed by atoms with E-state index in [0.29, 0.717) is 0 Å². The van der Waals surface area contributed by atoms with E-state index in [0.717, 1.165) is 0 Å². The summed E-state index contributed by atoms with van der Waals surface area (Å²) in [5.74, 6) is 0. The fourth-order valence-corrected chi connectivity index (χ4v) is 15.2. The first-order valence-electron chi connectivity index (χ1n) is 23.4. The van der Waals surface area contributed by atoms with Crippen molar-refractivity contribution in [2.45, 2.75) is 39.3 Å². The first-order chi connectivity index (χ1) is 31.6. The molecule has 0 fully saturated rings. The number of aromatic nitrogens is 2. The molecule has 2 aliphatic heterocycles. The smallest absolute Gasteiger partial charge is 0.252 e. The van der Waals surface area contributed by atoms with Crippen molar-refractivity contribution in [2.24, 2.45) is 0 Å². The maximum Gasteiger partial charge on any atom is 0.252 e. The Kier molecular flexibility index (Phi) is 6.75. The fourth-order valence-electron chi connectivity index (χ4n) is 12.8. The Hall–Kier alpha value is -6.92. The molecule has 0 unspecified atom stereocenters. The van der Waals surface area contributed by atoms with Gasteiger partial charge < -0.3 is 9.13 Å². The van der Waals surface area contributed by atoms with Gasteiger partial charge in [-0.25, -0.2) is 0 Å². The Bertz CT molecular complexity index is 4040. The van der Waals surface area contributed by atoms with Crippen LogP contribution >= 0.6 is 0 Å². The third kappa shape index (κ3) is 4.46. The van der Waals surface area contributed by atoms with Crippen LogP contribution in [0.25, 0.3) is 120 Å². The lowest BCUT2D eigenvalue weighted by atomic mass is 9.34. The van der Waals surface area contributed by atoms with Crippen molar-refractivity contribution in [1.82, 2.24) is 9.13 Å². The third-order valence-electron chi connectivity index (χ3n) is 15.7. The minimum Gasteiger partial charge on any atom is -0.310 e. The van der Waals surface area contributed by atoms with Crippen LogP contribution in [-0.4, -0.2) is 32.0 Å². The lowest BCUT2D eigenvalue weighted by Gasteiger charge is -2.35. The molecule has 306 valence electrons. The second-order valence-corrected chi connectivity index (χ2v) is 31.3. The first kappa shape index (κ1) is 36.4. The molecule has 5 heteroatoms. The summed E-state index contributed by atoms with van der Waals surface area (Å²) in [6, 6.07) is 63.8. The van der Waals surface area contributed by atoms with Gasteiger partial charge in [0.25, 0.3) is 6.71 Å². The van der Waals surface area contributed by atoms with E-state index >= 15 is 0 Å². The molecule has 2 aromatic heterocycles. The lowest BCUT2D eigenvalue weighted by molar-refractivity contribution is 1.14. The monoisotopic (exact) mass is 860 g/mol. The number of hydrogen-bond acceptors (Lipinski definition) is 0. The predicted molar refractivity (Wildman–Crippen MR) is 291 cm³/mol. The zero-order valence-electron chi connectivity index (χ0n) is 37.6. The van der Waals surface area contributed by atoms with Crippen LogP contribution < -0.4 is 26.8 Å². The van der Waals surface area contributed by atoms with Gasteiger partial charge in [0.05, 0.1) is 27.2 Å². The summed E-state index contributed by atoms with van der Waals surface area (Å²) in [7, 11) is -3.67. The molecule has 11 aromatic carbocycles. The Morgan fingerprint density at radius 2 is 0.662 bits per heavy atom. The third-order valence-corrected chi connectivity index (χ3v) is 19.7.